The number of guanidine groups is 1. The summed E-state index contributed by atoms with van der Waals surface area (Å²) in [6.45, 7) is 10.9. The number of esters is 1. The molecule has 1 saturated heterocycles. The van der Waals surface area contributed by atoms with Crippen molar-refractivity contribution in [2.45, 2.75) is 20.4 Å². The van der Waals surface area contributed by atoms with Crippen LogP contribution < -0.4 is 10.1 Å². The van der Waals surface area contributed by atoms with Gasteiger partial charge in [-0.3, -0.25) is 4.79 Å². The van der Waals surface area contributed by atoms with Crippen molar-refractivity contribution in [3.63, 3.8) is 0 Å². The monoisotopic (exact) mass is 359 g/mol. The van der Waals surface area contributed by atoms with Crippen molar-refractivity contribution in [1.82, 2.24) is 10.2 Å². The minimum Gasteiger partial charge on any atom is -0.489 e. The van der Waals surface area contributed by atoms with Crippen molar-refractivity contribution in [2.24, 2.45) is 16.8 Å². The Bertz CT molecular complexity index is 645. The molecule has 0 spiro atoms. The number of hydrogen-bond acceptors (Lipinski definition) is 4. The Morgan fingerprint density at radius 1 is 1.42 bits per heavy atom. The predicted octanol–water partition coefficient (Wildman–Crippen LogP) is 2.46. The minimum absolute atomic E-state index is 0.118. The van der Waals surface area contributed by atoms with E-state index in [0.717, 1.165) is 30.4 Å². The molecule has 0 bridgehead atoms. The van der Waals surface area contributed by atoms with E-state index in [2.05, 4.69) is 23.7 Å². The second kappa shape index (κ2) is 9.85. The first kappa shape index (κ1) is 19.8. The van der Waals surface area contributed by atoms with Gasteiger partial charge in [-0.1, -0.05) is 37.8 Å². The molecule has 0 amide bonds. The van der Waals surface area contributed by atoms with Gasteiger partial charge in [-0.25, -0.2) is 4.99 Å². The third-order valence-electron chi connectivity index (χ3n) is 4.48. The number of rotatable bonds is 7. The Labute approximate surface area is 155 Å². The van der Waals surface area contributed by atoms with Crippen LogP contribution >= 0.6 is 0 Å². The number of nitrogens with one attached hydrogen (secondary N) is 1. The van der Waals surface area contributed by atoms with E-state index in [-0.39, 0.29) is 17.8 Å². The summed E-state index contributed by atoms with van der Waals surface area (Å²) in [7, 11) is 1.44. The molecule has 142 valence electrons. The highest BCUT2D eigenvalue weighted by molar-refractivity contribution is 5.82. The summed E-state index contributed by atoms with van der Waals surface area (Å²) in [4.78, 5) is 18.8. The number of para-hydroxylation sites is 1. The Balaban J connectivity index is 2.13. The lowest BCUT2D eigenvalue weighted by Crippen LogP contribution is -2.40. The average Bonchev–Trinajstić information content (AvgIpc) is 3.05. The van der Waals surface area contributed by atoms with Crippen molar-refractivity contribution in [1.29, 1.82) is 0 Å². The number of methoxy groups -OCH3 is 1. The summed E-state index contributed by atoms with van der Waals surface area (Å²) >= 11 is 0. The Kier molecular flexibility index (Phi) is 7.51. The average molecular weight is 359 g/mol. The van der Waals surface area contributed by atoms with Gasteiger partial charge in [0.05, 0.1) is 19.6 Å². The largest absolute Gasteiger partial charge is 0.489 e. The molecule has 6 nitrogen and oxygen atoms in total. The molecular formula is C20H29N3O3. The summed E-state index contributed by atoms with van der Waals surface area (Å²) in [6.07, 6.45) is 1.72. The molecule has 1 N–H and O–H groups in total. The van der Waals surface area contributed by atoms with E-state index in [9.17, 15) is 4.79 Å². The van der Waals surface area contributed by atoms with Crippen LogP contribution in [0.3, 0.4) is 0 Å². The molecule has 26 heavy (non-hydrogen) atoms. The fourth-order valence-corrected chi connectivity index (χ4v) is 3.11. The lowest BCUT2D eigenvalue weighted by molar-refractivity contribution is -0.145. The maximum absolute atomic E-state index is 11.9. The number of carbonyl (C=O) groups excluding carboxylic acids is 1. The molecule has 2 atom stereocenters. The lowest BCUT2D eigenvalue weighted by Gasteiger charge is -2.21. The molecule has 0 radical (unpaired) electrons. The molecule has 2 unspecified atom stereocenters. The number of likely N-dealkylation sites (tertiary alicyclic amines) is 1. The zero-order chi connectivity index (χ0) is 18.9. The second-order valence-corrected chi connectivity index (χ2v) is 6.39. The quantitative estimate of drug-likeness (QED) is 0.351. The zero-order valence-electron chi connectivity index (χ0n) is 15.9. The SMILES string of the molecule is C=CCOc1ccccc1CN=C(NCC)N1CC(C)C(C(=O)OC)C1. The van der Waals surface area contributed by atoms with Crippen LogP contribution in [-0.4, -0.2) is 50.2 Å². The maximum atomic E-state index is 11.9. The van der Waals surface area contributed by atoms with Gasteiger partial charge in [0, 0.05) is 25.2 Å². The second-order valence-electron chi connectivity index (χ2n) is 6.39. The van der Waals surface area contributed by atoms with Gasteiger partial charge in [0.1, 0.15) is 12.4 Å². The maximum Gasteiger partial charge on any atom is 0.310 e. The lowest BCUT2D eigenvalue weighted by atomic mass is 9.99. The molecule has 1 heterocycles. The zero-order valence-corrected chi connectivity index (χ0v) is 15.9. The number of nitrogens with zero attached hydrogens (tertiary/aromatic N) is 2. The van der Waals surface area contributed by atoms with Crippen LogP contribution in [0.2, 0.25) is 0 Å². The normalized spacial score (nSPS) is 20.0. The summed E-state index contributed by atoms with van der Waals surface area (Å²) in [5.41, 5.74) is 1.02. The molecule has 1 aromatic rings. The summed E-state index contributed by atoms with van der Waals surface area (Å²) < 4.78 is 10.6. The van der Waals surface area contributed by atoms with Crippen LogP contribution in [0.5, 0.6) is 5.75 Å². The number of benzene rings is 1. The number of carbonyl (C=O) groups is 1. The van der Waals surface area contributed by atoms with E-state index >= 15 is 0 Å². The molecule has 0 aromatic heterocycles. The van der Waals surface area contributed by atoms with Crippen LogP contribution in [0.4, 0.5) is 0 Å². The highest BCUT2D eigenvalue weighted by Crippen LogP contribution is 2.25. The van der Waals surface area contributed by atoms with E-state index < -0.39 is 0 Å². The predicted molar refractivity (Wildman–Crippen MR) is 103 cm³/mol. The van der Waals surface area contributed by atoms with Crippen molar-refractivity contribution in [3.05, 3.63) is 42.5 Å². The van der Waals surface area contributed by atoms with Crippen molar-refractivity contribution in [2.75, 3.05) is 33.4 Å². The van der Waals surface area contributed by atoms with Gasteiger partial charge in [-0.2, -0.15) is 0 Å². The van der Waals surface area contributed by atoms with Crippen LogP contribution in [0.15, 0.2) is 41.9 Å². The van der Waals surface area contributed by atoms with Crippen molar-refractivity contribution in [3.8, 4) is 5.75 Å². The third-order valence-corrected chi connectivity index (χ3v) is 4.48. The van der Waals surface area contributed by atoms with Gasteiger partial charge in [-0.15, -0.1) is 0 Å². The van der Waals surface area contributed by atoms with Gasteiger partial charge >= 0.3 is 5.97 Å². The van der Waals surface area contributed by atoms with E-state index in [0.29, 0.717) is 19.7 Å². The first-order chi connectivity index (χ1) is 12.6. The van der Waals surface area contributed by atoms with Gasteiger partial charge < -0.3 is 19.7 Å². The first-order valence-electron chi connectivity index (χ1n) is 9.03. The standard InChI is InChI=1S/C20H29N3O3/c1-5-11-26-18-10-8-7-9-16(18)12-22-20(21-6-2)23-13-15(3)17(14-23)19(24)25-4/h5,7-10,15,17H,1,6,11-14H2,2-4H3,(H,21,22). The molecular weight excluding hydrogens is 330 g/mol. The fraction of sp³-hybridized carbons (Fsp3) is 0.500. The van der Waals surface area contributed by atoms with E-state index in [4.69, 9.17) is 14.5 Å². The van der Waals surface area contributed by atoms with Crippen molar-refractivity contribution < 1.29 is 14.3 Å². The van der Waals surface area contributed by atoms with Gasteiger partial charge in [0.2, 0.25) is 0 Å². The fourth-order valence-electron chi connectivity index (χ4n) is 3.11. The molecule has 0 saturated carbocycles. The van der Waals surface area contributed by atoms with Crippen molar-refractivity contribution >= 4 is 11.9 Å². The van der Waals surface area contributed by atoms with Crippen LogP contribution in [-0.2, 0) is 16.1 Å². The molecule has 1 fully saturated rings. The smallest absolute Gasteiger partial charge is 0.310 e. The summed E-state index contributed by atoms with van der Waals surface area (Å²) in [6, 6.07) is 7.87. The molecule has 6 heteroatoms. The summed E-state index contributed by atoms with van der Waals surface area (Å²) in [5.74, 6) is 1.58. The van der Waals surface area contributed by atoms with Gasteiger partial charge in [0.15, 0.2) is 5.96 Å². The first-order valence-corrected chi connectivity index (χ1v) is 9.03. The molecule has 1 aliphatic heterocycles. The highest BCUT2D eigenvalue weighted by Gasteiger charge is 2.36. The number of hydrogen-bond donors (Lipinski definition) is 1. The third kappa shape index (κ3) is 5.00. The molecule has 1 aromatic carbocycles. The number of ether oxygens (including phenoxy) is 2. The van der Waals surface area contributed by atoms with Crippen LogP contribution in [0, 0.1) is 11.8 Å². The molecule has 2 rings (SSSR count). The Morgan fingerprint density at radius 3 is 2.88 bits per heavy atom. The summed E-state index contributed by atoms with van der Waals surface area (Å²) in [5, 5.41) is 3.32. The Hall–Kier alpha value is -2.50. The highest BCUT2D eigenvalue weighted by atomic mass is 16.5. The number of aliphatic imine (C=N–C) groups is 1. The molecule has 0 aliphatic carbocycles. The van der Waals surface area contributed by atoms with Crippen LogP contribution in [0.25, 0.3) is 0 Å². The minimum atomic E-state index is -0.154. The van der Waals surface area contributed by atoms with E-state index in [1.807, 2.05) is 31.2 Å². The van der Waals surface area contributed by atoms with Crippen LogP contribution in [0.1, 0.15) is 19.4 Å². The van der Waals surface area contributed by atoms with Gasteiger partial charge in [-0.05, 0) is 18.9 Å². The van der Waals surface area contributed by atoms with E-state index in [1.54, 1.807) is 6.08 Å². The van der Waals surface area contributed by atoms with E-state index in [1.165, 1.54) is 7.11 Å². The topological polar surface area (TPSA) is 63.2 Å². The Morgan fingerprint density at radius 2 is 2.19 bits per heavy atom. The molecule has 1 aliphatic rings. The van der Waals surface area contributed by atoms with Gasteiger partial charge in [0.25, 0.3) is 0 Å².